The zero-order valence-corrected chi connectivity index (χ0v) is 9.08. The highest BCUT2D eigenvalue weighted by Crippen LogP contribution is 2.14. The van der Waals surface area contributed by atoms with Crippen LogP contribution in [0.5, 0.6) is 0 Å². The van der Waals surface area contributed by atoms with Crippen molar-refractivity contribution in [1.29, 1.82) is 0 Å². The van der Waals surface area contributed by atoms with Gasteiger partial charge in [0.1, 0.15) is 6.04 Å². The van der Waals surface area contributed by atoms with E-state index in [4.69, 9.17) is 4.65 Å². The first-order valence-corrected chi connectivity index (χ1v) is 5.18. The second-order valence-corrected chi connectivity index (χ2v) is 3.64. The summed E-state index contributed by atoms with van der Waals surface area (Å²) in [6.45, 7) is 4.02. The third-order valence-corrected chi connectivity index (χ3v) is 2.49. The Hall–Kier alpha value is -0.545. The van der Waals surface area contributed by atoms with Gasteiger partial charge < -0.3 is 14.6 Å². The van der Waals surface area contributed by atoms with E-state index >= 15 is 0 Å². The van der Waals surface area contributed by atoms with Gasteiger partial charge in [-0.3, -0.25) is 4.79 Å². The highest BCUT2D eigenvalue weighted by atomic mass is 16.5. The molecule has 1 fully saturated rings. The highest BCUT2D eigenvalue weighted by Gasteiger charge is 2.39. The lowest BCUT2D eigenvalue weighted by Crippen LogP contribution is -2.41. The third-order valence-electron chi connectivity index (χ3n) is 2.49. The predicted octanol–water partition coefficient (Wildman–Crippen LogP) is 0.825. The largest absolute Gasteiger partial charge is 0.468 e. The van der Waals surface area contributed by atoms with Crippen LogP contribution in [0.2, 0.25) is 6.32 Å². The molecule has 0 aromatic rings. The molecule has 0 amide bonds. The van der Waals surface area contributed by atoms with Gasteiger partial charge in [-0.2, -0.15) is 0 Å². The zero-order valence-electron chi connectivity index (χ0n) is 9.08. The maximum atomic E-state index is 11.3. The lowest BCUT2D eigenvalue weighted by atomic mass is 9.77. The Morgan fingerprint density at radius 1 is 1.64 bits per heavy atom. The molecule has 0 aromatic carbocycles. The van der Waals surface area contributed by atoms with Crippen molar-refractivity contribution in [3.63, 3.8) is 0 Å². The summed E-state index contributed by atoms with van der Waals surface area (Å²) in [5.74, 6) is -0.239. The SMILES string of the molecule is CCCCB1N[C@@H](C(=O)OC)[C@@H](C)O1. The van der Waals surface area contributed by atoms with Crippen LogP contribution in [-0.4, -0.2) is 32.3 Å². The van der Waals surface area contributed by atoms with E-state index in [1.807, 2.05) is 6.92 Å². The van der Waals surface area contributed by atoms with Crippen molar-refractivity contribution < 1.29 is 14.2 Å². The minimum atomic E-state index is -0.304. The number of rotatable bonds is 4. The third kappa shape index (κ3) is 2.72. The molecule has 0 spiro atoms. The molecule has 1 aliphatic heterocycles. The van der Waals surface area contributed by atoms with Crippen LogP contribution < -0.4 is 5.23 Å². The number of hydrogen-bond donors (Lipinski definition) is 1. The number of methoxy groups -OCH3 is 1. The predicted molar refractivity (Wildman–Crippen MR) is 55.0 cm³/mol. The Kier molecular flexibility index (Phi) is 4.42. The average Bonchev–Trinajstić information content (AvgIpc) is 2.55. The lowest BCUT2D eigenvalue weighted by molar-refractivity contribution is -0.143. The number of nitrogens with one attached hydrogen (secondary N) is 1. The first kappa shape index (κ1) is 11.5. The summed E-state index contributed by atoms with van der Waals surface area (Å²) in [5, 5.41) is 3.13. The quantitative estimate of drug-likeness (QED) is 0.538. The van der Waals surface area contributed by atoms with Gasteiger partial charge >= 0.3 is 13.0 Å². The van der Waals surface area contributed by atoms with Crippen LogP contribution in [0.15, 0.2) is 0 Å². The Balaban J connectivity index is 2.39. The molecule has 0 unspecified atom stereocenters. The standard InChI is InChI=1S/C9H18BNO3/c1-4-5-6-10-11-8(7(2)14-10)9(12)13-3/h7-8,11H,4-6H2,1-3H3/t7-,8-/m1/s1. The fourth-order valence-corrected chi connectivity index (χ4v) is 1.64. The van der Waals surface area contributed by atoms with E-state index in [0.717, 1.165) is 19.2 Å². The van der Waals surface area contributed by atoms with E-state index in [0.29, 0.717) is 0 Å². The van der Waals surface area contributed by atoms with Gasteiger partial charge in [-0.1, -0.05) is 19.8 Å². The molecule has 1 heterocycles. The molecule has 0 saturated carbocycles. The van der Waals surface area contributed by atoms with Crippen LogP contribution >= 0.6 is 0 Å². The van der Waals surface area contributed by atoms with Crippen LogP contribution in [0.1, 0.15) is 26.7 Å². The minimum absolute atomic E-state index is 0.00838. The molecule has 0 bridgehead atoms. The van der Waals surface area contributed by atoms with Crippen LogP contribution in [0, 0.1) is 0 Å². The molecule has 0 aliphatic carbocycles. The maximum absolute atomic E-state index is 11.3. The van der Waals surface area contributed by atoms with Gasteiger partial charge in [-0.25, -0.2) is 0 Å². The van der Waals surface area contributed by atoms with E-state index in [9.17, 15) is 4.79 Å². The Morgan fingerprint density at radius 3 is 2.93 bits per heavy atom. The lowest BCUT2D eigenvalue weighted by Gasteiger charge is -2.11. The number of carbonyl (C=O) groups excluding carboxylic acids is 1. The number of unbranched alkanes of at least 4 members (excludes halogenated alkanes) is 1. The topological polar surface area (TPSA) is 47.6 Å². The molecule has 14 heavy (non-hydrogen) atoms. The molecule has 1 rings (SSSR count). The zero-order chi connectivity index (χ0) is 10.6. The first-order chi connectivity index (χ1) is 6.69. The second kappa shape index (κ2) is 5.36. The fourth-order valence-electron chi connectivity index (χ4n) is 1.64. The van der Waals surface area contributed by atoms with Crippen molar-refractivity contribution in [1.82, 2.24) is 5.23 Å². The molecule has 0 aromatic heterocycles. The normalized spacial score (nSPS) is 26.6. The van der Waals surface area contributed by atoms with Gasteiger partial charge in [0.25, 0.3) is 0 Å². The summed E-state index contributed by atoms with van der Waals surface area (Å²) in [6, 6.07) is -0.304. The minimum Gasteiger partial charge on any atom is -0.468 e. The average molecular weight is 199 g/mol. The molecular formula is C9H18BNO3. The van der Waals surface area contributed by atoms with Crippen LogP contribution in [-0.2, 0) is 14.2 Å². The fraction of sp³-hybridized carbons (Fsp3) is 0.889. The Morgan fingerprint density at radius 2 is 2.36 bits per heavy atom. The summed E-state index contributed by atoms with van der Waals surface area (Å²) in [6.07, 6.45) is 3.11. The summed E-state index contributed by atoms with van der Waals surface area (Å²) in [4.78, 5) is 11.3. The van der Waals surface area contributed by atoms with Crippen molar-refractivity contribution in [2.75, 3.05) is 7.11 Å². The van der Waals surface area contributed by atoms with Crippen LogP contribution in [0.3, 0.4) is 0 Å². The van der Waals surface area contributed by atoms with Gasteiger partial charge in [-0.05, 0) is 13.2 Å². The number of carbonyl (C=O) groups is 1. The summed E-state index contributed by atoms with van der Waals surface area (Å²) >= 11 is 0. The summed E-state index contributed by atoms with van der Waals surface area (Å²) in [5.41, 5.74) is 0. The summed E-state index contributed by atoms with van der Waals surface area (Å²) < 4.78 is 10.3. The van der Waals surface area contributed by atoms with Gasteiger partial charge in [0.15, 0.2) is 0 Å². The highest BCUT2D eigenvalue weighted by molar-refractivity contribution is 6.50. The maximum Gasteiger partial charge on any atom is 0.380 e. The summed E-state index contributed by atoms with van der Waals surface area (Å²) in [7, 11) is 1.41. The molecule has 1 aliphatic rings. The van der Waals surface area contributed by atoms with Gasteiger partial charge in [0.05, 0.1) is 13.2 Å². The van der Waals surface area contributed by atoms with Crippen LogP contribution in [0.4, 0.5) is 0 Å². The van der Waals surface area contributed by atoms with E-state index < -0.39 is 0 Å². The molecule has 5 heteroatoms. The van der Waals surface area contributed by atoms with Gasteiger partial charge in [0, 0.05) is 0 Å². The van der Waals surface area contributed by atoms with Gasteiger partial charge in [-0.15, -0.1) is 0 Å². The number of esters is 1. The molecule has 80 valence electrons. The Bertz CT molecular complexity index is 200. The first-order valence-electron chi connectivity index (χ1n) is 5.18. The van der Waals surface area contributed by atoms with Crippen molar-refractivity contribution >= 4 is 13.0 Å². The Labute approximate surface area is 85.5 Å². The monoisotopic (exact) mass is 199 g/mol. The van der Waals surface area contributed by atoms with E-state index in [-0.39, 0.29) is 25.2 Å². The number of ether oxygens (including phenoxy) is 1. The van der Waals surface area contributed by atoms with E-state index in [1.54, 1.807) is 0 Å². The van der Waals surface area contributed by atoms with Crippen molar-refractivity contribution in [3.05, 3.63) is 0 Å². The van der Waals surface area contributed by atoms with Crippen molar-refractivity contribution in [3.8, 4) is 0 Å². The second-order valence-electron chi connectivity index (χ2n) is 3.64. The number of hydrogen-bond acceptors (Lipinski definition) is 4. The molecule has 1 N–H and O–H groups in total. The van der Waals surface area contributed by atoms with Gasteiger partial charge in [0.2, 0.25) is 0 Å². The smallest absolute Gasteiger partial charge is 0.380 e. The molecule has 1 saturated heterocycles. The molecule has 2 atom stereocenters. The van der Waals surface area contributed by atoms with E-state index in [1.165, 1.54) is 7.11 Å². The van der Waals surface area contributed by atoms with Crippen molar-refractivity contribution in [2.45, 2.75) is 45.2 Å². The molecular weight excluding hydrogens is 181 g/mol. The molecule has 0 radical (unpaired) electrons. The van der Waals surface area contributed by atoms with Crippen LogP contribution in [0.25, 0.3) is 0 Å². The van der Waals surface area contributed by atoms with E-state index in [2.05, 4.69) is 16.9 Å². The molecule has 4 nitrogen and oxygen atoms in total. The van der Waals surface area contributed by atoms with Crippen molar-refractivity contribution in [2.24, 2.45) is 0 Å².